The molecule has 0 spiro atoms. The monoisotopic (exact) mass is 186 g/mol. The first-order chi connectivity index (χ1) is 6.15. The number of aryl methyl sites for hydroxylation is 1. The van der Waals surface area contributed by atoms with Crippen LogP contribution in [0.1, 0.15) is 26.3 Å². The van der Waals surface area contributed by atoms with Gasteiger partial charge in [0, 0.05) is 6.07 Å². The van der Waals surface area contributed by atoms with Crippen LogP contribution in [0.3, 0.4) is 0 Å². The lowest BCUT2D eigenvalue weighted by Crippen LogP contribution is -1.86. The van der Waals surface area contributed by atoms with Gasteiger partial charge in [0.2, 0.25) is 0 Å². The van der Waals surface area contributed by atoms with Crippen LogP contribution < -0.4 is 0 Å². The molecule has 1 rings (SSSR count). The number of halogens is 1. The molecule has 0 aliphatic rings. The summed E-state index contributed by atoms with van der Waals surface area (Å²) >= 11 is 0. The van der Waals surface area contributed by atoms with Gasteiger partial charge in [0.25, 0.3) is 0 Å². The van der Waals surface area contributed by atoms with Crippen LogP contribution in [-0.4, -0.2) is 10.2 Å². The first-order valence-electron chi connectivity index (χ1n) is 4.35. The lowest BCUT2D eigenvalue weighted by Gasteiger charge is -2.01. The standard InChI is InChI=1S/C8H9FO2.C2H6/c1-2-5-3-7(10)8(11)4-6(5)9;1-2/h3-4,10-11H,2H2,1H3;1-2H3. The highest BCUT2D eigenvalue weighted by Gasteiger charge is 2.05. The molecule has 2 N–H and O–H groups in total. The minimum Gasteiger partial charge on any atom is -0.504 e. The summed E-state index contributed by atoms with van der Waals surface area (Å²) in [6.45, 7) is 5.77. The highest BCUT2D eigenvalue weighted by atomic mass is 19.1. The van der Waals surface area contributed by atoms with E-state index >= 15 is 0 Å². The molecular formula is C10H15FO2. The molecule has 0 aromatic heterocycles. The molecule has 3 heteroatoms. The largest absolute Gasteiger partial charge is 0.504 e. The van der Waals surface area contributed by atoms with Crippen molar-refractivity contribution in [3.05, 3.63) is 23.5 Å². The molecule has 0 saturated carbocycles. The number of benzene rings is 1. The fraction of sp³-hybridized carbons (Fsp3) is 0.400. The molecule has 0 saturated heterocycles. The zero-order chi connectivity index (χ0) is 10.4. The zero-order valence-electron chi connectivity index (χ0n) is 8.13. The highest BCUT2D eigenvalue weighted by Crippen LogP contribution is 2.27. The molecular weight excluding hydrogens is 171 g/mol. The third-order valence-electron chi connectivity index (χ3n) is 1.52. The second-order valence-electron chi connectivity index (χ2n) is 2.29. The van der Waals surface area contributed by atoms with E-state index in [1.54, 1.807) is 6.92 Å². The van der Waals surface area contributed by atoms with Gasteiger partial charge in [0.05, 0.1) is 0 Å². The minimum absolute atomic E-state index is 0.275. The third-order valence-corrected chi connectivity index (χ3v) is 1.52. The van der Waals surface area contributed by atoms with Crippen molar-refractivity contribution < 1.29 is 14.6 Å². The molecule has 13 heavy (non-hydrogen) atoms. The summed E-state index contributed by atoms with van der Waals surface area (Å²) in [5.74, 6) is -1.18. The van der Waals surface area contributed by atoms with Gasteiger partial charge in [-0.1, -0.05) is 20.8 Å². The second-order valence-corrected chi connectivity index (χ2v) is 2.29. The first kappa shape index (κ1) is 11.8. The molecule has 1 aromatic rings. The summed E-state index contributed by atoms with van der Waals surface area (Å²) in [7, 11) is 0. The molecule has 0 atom stereocenters. The molecule has 2 nitrogen and oxygen atoms in total. The summed E-state index contributed by atoms with van der Waals surface area (Å²) in [5.41, 5.74) is 0.403. The van der Waals surface area contributed by atoms with Crippen molar-refractivity contribution in [2.45, 2.75) is 27.2 Å². The first-order valence-corrected chi connectivity index (χ1v) is 4.35. The normalized spacial score (nSPS) is 8.92. The van der Waals surface area contributed by atoms with Crippen molar-refractivity contribution in [2.24, 2.45) is 0 Å². The van der Waals surface area contributed by atoms with E-state index in [2.05, 4.69) is 0 Å². The lowest BCUT2D eigenvalue weighted by atomic mass is 10.1. The van der Waals surface area contributed by atoms with Crippen molar-refractivity contribution >= 4 is 0 Å². The second kappa shape index (κ2) is 5.41. The topological polar surface area (TPSA) is 40.5 Å². The van der Waals surface area contributed by atoms with Gasteiger partial charge in [-0.15, -0.1) is 0 Å². The maximum atomic E-state index is 12.8. The number of phenolic OH excluding ortho intramolecular Hbond substituents is 2. The lowest BCUT2D eigenvalue weighted by molar-refractivity contribution is 0.398. The molecule has 1 aromatic carbocycles. The Balaban J connectivity index is 0.000000671. The van der Waals surface area contributed by atoms with Crippen LogP contribution in [-0.2, 0) is 6.42 Å². The van der Waals surface area contributed by atoms with E-state index in [-0.39, 0.29) is 5.75 Å². The molecule has 0 radical (unpaired) electrons. The Labute approximate surface area is 77.7 Å². The summed E-state index contributed by atoms with van der Waals surface area (Å²) in [6, 6.07) is 2.14. The molecule has 0 heterocycles. The van der Waals surface area contributed by atoms with Crippen LogP contribution in [0.25, 0.3) is 0 Å². The van der Waals surface area contributed by atoms with E-state index in [1.165, 1.54) is 6.07 Å². The Morgan fingerprint density at radius 1 is 1.15 bits per heavy atom. The average Bonchev–Trinajstić information content (AvgIpc) is 2.15. The highest BCUT2D eigenvalue weighted by molar-refractivity contribution is 5.41. The molecule has 0 amide bonds. The molecule has 0 bridgehead atoms. The summed E-state index contributed by atoms with van der Waals surface area (Å²) in [5, 5.41) is 17.8. The van der Waals surface area contributed by atoms with E-state index < -0.39 is 11.6 Å². The van der Waals surface area contributed by atoms with E-state index in [0.29, 0.717) is 12.0 Å². The molecule has 0 fully saturated rings. The van der Waals surface area contributed by atoms with E-state index in [1.807, 2.05) is 13.8 Å². The zero-order valence-corrected chi connectivity index (χ0v) is 8.13. The van der Waals surface area contributed by atoms with Gasteiger partial charge in [-0.3, -0.25) is 0 Å². The quantitative estimate of drug-likeness (QED) is 0.662. The Morgan fingerprint density at radius 2 is 1.62 bits per heavy atom. The van der Waals surface area contributed by atoms with Gasteiger partial charge < -0.3 is 10.2 Å². The Hall–Kier alpha value is -1.25. The minimum atomic E-state index is -0.484. The van der Waals surface area contributed by atoms with Crippen molar-refractivity contribution in [1.29, 1.82) is 0 Å². The number of hydrogen-bond acceptors (Lipinski definition) is 2. The summed E-state index contributed by atoms with van der Waals surface area (Å²) in [6.07, 6.45) is 0.500. The predicted octanol–water partition coefficient (Wildman–Crippen LogP) is 2.83. The van der Waals surface area contributed by atoms with Gasteiger partial charge in [0.1, 0.15) is 5.82 Å². The summed E-state index contributed by atoms with van der Waals surface area (Å²) < 4.78 is 12.8. The average molecular weight is 186 g/mol. The number of phenols is 2. The number of aromatic hydroxyl groups is 2. The van der Waals surface area contributed by atoms with Crippen LogP contribution in [0.4, 0.5) is 4.39 Å². The van der Waals surface area contributed by atoms with Crippen molar-refractivity contribution in [3.63, 3.8) is 0 Å². The maximum absolute atomic E-state index is 12.8. The van der Waals surface area contributed by atoms with Crippen LogP contribution in [0.15, 0.2) is 12.1 Å². The van der Waals surface area contributed by atoms with Crippen molar-refractivity contribution in [2.75, 3.05) is 0 Å². The Morgan fingerprint density at radius 3 is 2.08 bits per heavy atom. The van der Waals surface area contributed by atoms with Gasteiger partial charge >= 0.3 is 0 Å². The van der Waals surface area contributed by atoms with E-state index in [9.17, 15) is 4.39 Å². The SMILES string of the molecule is CC.CCc1cc(O)c(O)cc1F. The third kappa shape index (κ3) is 2.93. The number of hydrogen-bond donors (Lipinski definition) is 2. The van der Waals surface area contributed by atoms with Crippen LogP contribution >= 0.6 is 0 Å². The molecule has 74 valence electrons. The molecule has 0 aliphatic carbocycles. The molecule has 0 aliphatic heterocycles. The maximum Gasteiger partial charge on any atom is 0.160 e. The van der Waals surface area contributed by atoms with Crippen LogP contribution in [0.2, 0.25) is 0 Å². The van der Waals surface area contributed by atoms with E-state index in [0.717, 1.165) is 6.07 Å². The Bertz CT molecular complexity index is 272. The van der Waals surface area contributed by atoms with Crippen LogP contribution in [0.5, 0.6) is 11.5 Å². The van der Waals surface area contributed by atoms with Gasteiger partial charge in [-0.05, 0) is 18.1 Å². The fourth-order valence-electron chi connectivity index (χ4n) is 0.866. The Kier molecular flexibility index (Phi) is 4.89. The van der Waals surface area contributed by atoms with Crippen LogP contribution in [0, 0.1) is 5.82 Å². The van der Waals surface area contributed by atoms with Gasteiger partial charge in [-0.25, -0.2) is 4.39 Å². The number of rotatable bonds is 1. The van der Waals surface area contributed by atoms with E-state index in [4.69, 9.17) is 10.2 Å². The molecule has 0 unspecified atom stereocenters. The van der Waals surface area contributed by atoms with Gasteiger partial charge in [0.15, 0.2) is 11.5 Å². The summed E-state index contributed by atoms with van der Waals surface area (Å²) in [4.78, 5) is 0. The van der Waals surface area contributed by atoms with Crippen molar-refractivity contribution in [3.8, 4) is 11.5 Å². The predicted molar refractivity (Wildman–Crippen MR) is 50.5 cm³/mol. The smallest absolute Gasteiger partial charge is 0.160 e. The fourth-order valence-corrected chi connectivity index (χ4v) is 0.866. The van der Waals surface area contributed by atoms with Gasteiger partial charge in [-0.2, -0.15) is 0 Å². The van der Waals surface area contributed by atoms with Crippen molar-refractivity contribution in [1.82, 2.24) is 0 Å².